The molecule has 0 atom stereocenters. The Balaban J connectivity index is 1.85. The predicted octanol–water partition coefficient (Wildman–Crippen LogP) is 4.67. The van der Waals surface area contributed by atoms with E-state index in [0.717, 1.165) is 27.7 Å². The first-order valence-corrected chi connectivity index (χ1v) is 9.11. The molecular weight excluding hydrogens is 354 g/mol. The molecule has 0 unspecified atom stereocenters. The molecular formula is C23H21NO4. The van der Waals surface area contributed by atoms with Crippen molar-refractivity contribution in [2.75, 3.05) is 13.7 Å². The fraction of sp³-hybridized carbons (Fsp3) is 0.174. The predicted molar refractivity (Wildman–Crippen MR) is 109 cm³/mol. The number of ether oxygens (including phenoxy) is 2. The maximum absolute atomic E-state index is 12.5. The van der Waals surface area contributed by atoms with Crippen LogP contribution in [0.1, 0.15) is 16.1 Å². The second-order valence-electron chi connectivity index (χ2n) is 6.60. The van der Waals surface area contributed by atoms with Gasteiger partial charge in [-0.05, 0) is 25.1 Å². The summed E-state index contributed by atoms with van der Waals surface area (Å²) >= 11 is 0. The van der Waals surface area contributed by atoms with Gasteiger partial charge in [0.1, 0.15) is 18.1 Å². The van der Waals surface area contributed by atoms with Crippen LogP contribution < -0.4 is 4.74 Å². The van der Waals surface area contributed by atoms with E-state index in [1.807, 2.05) is 61.5 Å². The molecule has 0 radical (unpaired) electrons. The topological polar surface area (TPSA) is 60.7 Å². The Morgan fingerprint density at radius 1 is 1.00 bits per heavy atom. The van der Waals surface area contributed by atoms with Crippen molar-refractivity contribution in [3.8, 4) is 11.5 Å². The SMILES string of the molecule is COC(=O)c1c(C)n(CCOc2ccccc2)c2c1cc(O)c1ccccc12. The molecule has 5 nitrogen and oxygen atoms in total. The van der Waals surface area contributed by atoms with Gasteiger partial charge in [-0.25, -0.2) is 4.79 Å². The molecule has 4 aromatic rings. The maximum Gasteiger partial charge on any atom is 0.340 e. The van der Waals surface area contributed by atoms with E-state index in [9.17, 15) is 9.90 Å². The first-order chi connectivity index (χ1) is 13.6. The Morgan fingerprint density at radius 3 is 2.39 bits per heavy atom. The average Bonchev–Trinajstić information content (AvgIpc) is 3.00. The molecule has 142 valence electrons. The van der Waals surface area contributed by atoms with Crippen molar-refractivity contribution in [2.45, 2.75) is 13.5 Å². The summed E-state index contributed by atoms with van der Waals surface area (Å²) in [6.07, 6.45) is 0. The Labute approximate surface area is 162 Å². The molecule has 0 saturated heterocycles. The minimum absolute atomic E-state index is 0.144. The van der Waals surface area contributed by atoms with Crippen LogP contribution in [0.2, 0.25) is 0 Å². The van der Waals surface area contributed by atoms with E-state index in [-0.39, 0.29) is 5.75 Å². The van der Waals surface area contributed by atoms with Crippen molar-refractivity contribution in [1.29, 1.82) is 0 Å². The Kier molecular flexibility index (Phi) is 4.65. The highest BCUT2D eigenvalue weighted by molar-refractivity contribution is 6.16. The number of esters is 1. The van der Waals surface area contributed by atoms with E-state index < -0.39 is 5.97 Å². The first-order valence-electron chi connectivity index (χ1n) is 9.11. The van der Waals surface area contributed by atoms with Gasteiger partial charge in [0.05, 0.1) is 24.7 Å². The monoisotopic (exact) mass is 375 g/mol. The molecule has 0 bridgehead atoms. The van der Waals surface area contributed by atoms with Crippen LogP contribution >= 0.6 is 0 Å². The van der Waals surface area contributed by atoms with Gasteiger partial charge in [0.15, 0.2) is 0 Å². The van der Waals surface area contributed by atoms with Crippen molar-refractivity contribution in [2.24, 2.45) is 0 Å². The molecule has 5 heteroatoms. The van der Waals surface area contributed by atoms with Gasteiger partial charge in [0.25, 0.3) is 0 Å². The second kappa shape index (κ2) is 7.27. The minimum Gasteiger partial charge on any atom is -0.507 e. The van der Waals surface area contributed by atoms with Gasteiger partial charge < -0.3 is 19.1 Å². The normalized spacial score (nSPS) is 11.1. The lowest BCUT2D eigenvalue weighted by Gasteiger charge is -2.12. The van der Waals surface area contributed by atoms with Crippen LogP contribution in [0.3, 0.4) is 0 Å². The Hall–Kier alpha value is -3.47. The summed E-state index contributed by atoms with van der Waals surface area (Å²) in [4.78, 5) is 12.5. The number of rotatable bonds is 5. The summed E-state index contributed by atoms with van der Waals surface area (Å²) in [5.41, 5.74) is 2.15. The Bertz CT molecular complexity index is 1160. The number of benzene rings is 3. The molecule has 0 aliphatic rings. The van der Waals surface area contributed by atoms with Crippen molar-refractivity contribution in [1.82, 2.24) is 4.57 Å². The van der Waals surface area contributed by atoms with E-state index in [1.54, 1.807) is 6.07 Å². The molecule has 0 aliphatic carbocycles. The minimum atomic E-state index is -0.417. The summed E-state index contributed by atoms with van der Waals surface area (Å²) in [7, 11) is 1.37. The average molecular weight is 375 g/mol. The van der Waals surface area contributed by atoms with Gasteiger partial charge in [-0.2, -0.15) is 0 Å². The number of aromatic hydroxyl groups is 1. The van der Waals surface area contributed by atoms with Crippen molar-refractivity contribution in [3.05, 3.63) is 71.9 Å². The number of methoxy groups -OCH3 is 1. The molecule has 1 N–H and O–H groups in total. The van der Waals surface area contributed by atoms with Gasteiger partial charge in [-0.15, -0.1) is 0 Å². The number of aromatic nitrogens is 1. The summed E-state index contributed by atoms with van der Waals surface area (Å²) < 4.78 is 12.9. The first kappa shape index (κ1) is 17.9. The van der Waals surface area contributed by atoms with E-state index in [1.165, 1.54) is 7.11 Å². The van der Waals surface area contributed by atoms with Crippen LogP contribution in [-0.2, 0) is 11.3 Å². The molecule has 0 amide bonds. The largest absolute Gasteiger partial charge is 0.507 e. The summed E-state index contributed by atoms with van der Waals surface area (Å²) in [6, 6.07) is 18.9. The van der Waals surface area contributed by atoms with Gasteiger partial charge in [-0.3, -0.25) is 0 Å². The van der Waals surface area contributed by atoms with Gasteiger partial charge in [0, 0.05) is 21.9 Å². The van der Waals surface area contributed by atoms with Gasteiger partial charge >= 0.3 is 5.97 Å². The lowest BCUT2D eigenvalue weighted by atomic mass is 10.0. The van der Waals surface area contributed by atoms with Crippen LogP contribution in [0, 0.1) is 6.92 Å². The fourth-order valence-electron chi connectivity index (χ4n) is 3.73. The van der Waals surface area contributed by atoms with Gasteiger partial charge in [-0.1, -0.05) is 42.5 Å². The highest BCUT2D eigenvalue weighted by atomic mass is 16.5. The zero-order valence-corrected chi connectivity index (χ0v) is 15.8. The fourth-order valence-corrected chi connectivity index (χ4v) is 3.73. The molecule has 0 aliphatic heterocycles. The lowest BCUT2D eigenvalue weighted by Crippen LogP contribution is -2.11. The van der Waals surface area contributed by atoms with Gasteiger partial charge in [0.2, 0.25) is 0 Å². The number of hydrogen-bond acceptors (Lipinski definition) is 4. The van der Waals surface area contributed by atoms with E-state index >= 15 is 0 Å². The van der Waals surface area contributed by atoms with Crippen molar-refractivity contribution >= 4 is 27.6 Å². The van der Waals surface area contributed by atoms with E-state index in [2.05, 4.69) is 4.57 Å². The third-order valence-electron chi connectivity index (χ3n) is 5.02. The Morgan fingerprint density at radius 2 is 1.68 bits per heavy atom. The van der Waals surface area contributed by atoms with E-state index in [0.29, 0.717) is 24.1 Å². The maximum atomic E-state index is 12.5. The lowest BCUT2D eigenvalue weighted by molar-refractivity contribution is 0.0601. The zero-order chi connectivity index (χ0) is 19.7. The molecule has 1 heterocycles. The smallest absolute Gasteiger partial charge is 0.340 e. The summed E-state index contributed by atoms with van der Waals surface area (Å²) in [6.45, 7) is 2.90. The summed E-state index contributed by atoms with van der Waals surface area (Å²) in [5.74, 6) is 0.526. The third kappa shape index (κ3) is 2.95. The highest BCUT2D eigenvalue weighted by Crippen LogP contribution is 2.37. The zero-order valence-electron chi connectivity index (χ0n) is 15.8. The number of phenolic OH excluding ortho intramolecular Hbond substituents is 1. The number of nitrogens with zero attached hydrogens (tertiary/aromatic N) is 1. The molecule has 1 aromatic heterocycles. The van der Waals surface area contributed by atoms with Crippen LogP contribution in [0.15, 0.2) is 60.7 Å². The quantitative estimate of drug-likeness (QED) is 0.515. The molecule has 4 rings (SSSR count). The number of carbonyl (C=O) groups is 1. The third-order valence-corrected chi connectivity index (χ3v) is 5.02. The molecule has 3 aromatic carbocycles. The molecule has 0 fully saturated rings. The molecule has 0 saturated carbocycles. The second-order valence-corrected chi connectivity index (χ2v) is 6.60. The molecule has 0 spiro atoms. The van der Waals surface area contributed by atoms with Crippen LogP contribution in [0.4, 0.5) is 0 Å². The van der Waals surface area contributed by atoms with Crippen LogP contribution in [0.25, 0.3) is 21.7 Å². The van der Waals surface area contributed by atoms with Crippen LogP contribution in [0.5, 0.6) is 11.5 Å². The highest BCUT2D eigenvalue weighted by Gasteiger charge is 2.23. The number of phenols is 1. The number of carbonyl (C=O) groups excluding carboxylic acids is 1. The number of para-hydroxylation sites is 1. The van der Waals surface area contributed by atoms with Crippen molar-refractivity contribution in [3.63, 3.8) is 0 Å². The summed E-state index contributed by atoms with van der Waals surface area (Å²) in [5, 5.41) is 12.8. The van der Waals surface area contributed by atoms with Crippen LogP contribution in [-0.4, -0.2) is 29.4 Å². The van der Waals surface area contributed by atoms with Crippen molar-refractivity contribution < 1.29 is 19.4 Å². The number of hydrogen-bond donors (Lipinski definition) is 1. The van der Waals surface area contributed by atoms with E-state index in [4.69, 9.17) is 9.47 Å². The molecule has 28 heavy (non-hydrogen) atoms. The number of fused-ring (bicyclic) bond motifs is 3. The standard InChI is InChI=1S/C23H21NO4/c1-15-21(23(26)27-2)19-14-20(25)17-10-6-7-11-18(17)22(19)24(15)12-13-28-16-8-4-3-5-9-16/h3-11,14,25H,12-13H2,1-2H3.